The van der Waals surface area contributed by atoms with E-state index in [0.717, 1.165) is 65.1 Å². The molecule has 0 saturated heterocycles. The largest absolute Gasteiger partial charge is 0.325 e. The smallest absolute Gasteiger partial charge is 0.273 e. The molecule has 0 saturated carbocycles. The number of nitrogens with zero attached hydrogens (tertiary/aromatic N) is 2. The Morgan fingerprint density at radius 1 is 0.895 bits per heavy atom. The highest BCUT2D eigenvalue weighted by molar-refractivity contribution is 6.30. The van der Waals surface area contributed by atoms with Crippen molar-refractivity contribution in [1.29, 1.82) is 0 Å². The second-order valence-corrected chi connectivity index (χ2v) is 11.1. The van der Waals surface area contributed by atoms with Crippen LogP contribution in [0.15, 0.2) is 79.0 Å². The van der Waals surface area contributed by atoms with E-state index in [1.54, 1.807) is 0 Å². The van der Waals surface area contributed by atoms with Gasteiger partial charge < -0.3 is 9.88 Å². The van der Waals surface area contributed by atoms with Crippen LogP contribution in [0.1, 0.15) is 59.8 Å². The van der Waals surface area contributed by atoms with Gasteiger partial charge in [-0.25, -0.2) is 0 Å². The van der Waals surface area contributed by atoms with Gasteiger partial charge in [-0.3, -0.25) is 9.20 Å². The summed E-state index contributed by atoms with van der Waals surface area (Å²) in [7, 11) is 0. The molecule has 0 spiro atoms. The van der Waals surface area contributed by atoms with Gasteiger partial charge in [-0.15, -0.1) is 0 Å². The first kappa shape index (κ1) is 24.6. The number of amides is 1. The van der Waals surface area contributed by atoms with Crippen LogP contribution in [-0.4, -0.2) is 14.9 Å². The molecule has 38 heavy (non-hydrogen) atoms. The van der Waals surface area contributed by atoms with Crippen LogP contribution in [0.3, 0.4) is 0 Å². The third-order valence-electron chi connectivity index (χ3n) is 7.66. The van der Waals surface area contributed by atoms with Crippen molar-refractivity contribution in [2.75, 3.05) is 5.32 Å². The number of nitrogens with one attached hydrogen (secondary N) is 1. The molecular weight excluding hydrogens is 490 g/mol. The number of carbonyl (C=O) groups is 1. The van der Waals surface area contributed by atoms with Crippen LogP contribution in [-0.2, 0) is 13.0 Å². The van der Waals surface area contributed by atoms with E-state index in [1.165, 1.54) is 11.1 Å². The molecule has 5 heteroatoms. The molecule has 0 aliphatic carbocycles. The van der Waals surface area contributed by atoms with Gasteiger partial charge in [-0.05, 0) is 73.1 Å². The molecule has 0 radical (unpaired) electrons. The molecule has 6 rings (SSSR count). The van der Waals surface area contributed by atoms with Gasteiger partial charge in [-0.2, -0.15) is 0 Å². The highest BCUT2D eigenvalue weighted by Gasteiger charge is 2.29. The van der Waals surface area contributed by atoms with Gasteiger partial charge in [0.2, 0.25) is 0 Å². The number of rotatable bonds is 5. The van der Waals surface area contributed by atoms with E-state index >= 15 is 0 Å². The SMILES string of the molecule is Cc1ccc(NC(=O)c2c(-c3ccc(C(C)C)cc3)c3c4n(c(-c5ccc(Cl)cc5)cn24)CCCC3)cc1. The second kappa shape index (κ2) is 9.85. The van der Waals surface area contributed by atoms with Gasteiger partial charge in [0.05, 0.1) is 5.69 Å². The fourth-order valence-electron chi connectivity index (χ4n) is 5.63. The van der Waals surface area contributed by atoms with Crippen LogP contribution in [0.4, 0.5) is 5.69 Å². The molecule has 192 valence electrons. The molecule has 4 nitrogen and oxygen atoms in total. The fourth-order valence-corrected chi connectivity index (χ4v) is 5.76. The number of aromatic nitrogens is 2. The van der Waals surface area contributed by atoms with Gasteiger partial charge in [0.25, 0.3) is 5.91 Å². The topological polar surface area (TPSA) is 38.4 Å². The number of hydrogen-bond donors (Lipinski definition) is 1. The summed E-state index contributed by atoms with van der Waals surface area (Å²) >= 11 is 6.20. The van der Waals surface area contributed by atoms with E-state index in [4.69, 9.17) is 11.6 Å². The van der Waals surface area contributed by atoms with Crippen LogP contribution in [0.2, 0.25) is 5.02 Å². The van der Waals surface area contributed by atoms with Gasteiger partial charge in [0.1, 0.15) is 11.3 Å². The van der Waals surface area contributed by atoms with E-state index in [1.807, 2.05) is 43.3 Å². The van der Waals surface area contributed by atoms with Crippen molar-refractivity contribution in [1.82, 2.24) is 8.97 Å². The van der Waals surface area contributed by atoms with Crippen molar-refractivity contribution in [3.8, 4) is 22.4 Å². The van der Waals surface area contributed by atoms with Gasteiger partial charge in [0, 0.05) is 34.6 Å². The van der Waals surface area contributed by atoms with Crippen LogP contribution >= 0.6 is 11.6 Å². The molecule has 3 aromatic carbocycles. The van der Waals surface area contributed by atoms with Crippen LogP contribution in [0.25, 0.3) is 28.0 Å². The van der Waals surface area contributed by atoms with E-state index in [2.05, 4.69) is 70.7 Å². The van der Waals surface area contributed by atoms with Crippen molar-refractivity contribution >= 4 is 28.8 Å². The number of carbonyl (C=O) groups excluding carboxylic acids is 1. The zero-order valence-electron chi connectivity index (χ0n) is 22.1. The quantitative estimate of drug-likeness (QED) is 0.246. The molecule has 2 aromatic heterocycles. The molecule has 0 atom stereocenters. The van der Waals surface area contributed by atoms with Gasteiger partial charge in [0.15, 0.2) is 0 Å². The normalized spacial score (nSPS) is 13.2. The summed E-state index contributed by atoms with van der Waals surface area (Å²) in [6.07, 6.45) is 5.24. The summed E-state index contributed by atoms with van der Waals surface area (Å²) in [6, 6.07) is 24.7. The lowest BCUT2D eigenvalue weighted by atomic mass is 9.95. The maximum absolute atomic E-state index is 14.1. The third-order valence-corrected chi connectivity index (χ3v) is 7.92. The molecule has 1 amide bonds. The molecule has 0 unspecified atom stereocenters. The van der Waals surface area contributed by atoms with Crippen molar-refractivity contribution in [3.05, 3.63) is 106 Å². The van der Waals surface area contributed by atoms with E-state index in [9.17, 15) is 4.79 Å². The van der Waals surface area contributed by atoms with Crippen molar-refractivity contribution in [2.45, 2.75) is 52.5 Å². The number of anilines is 1. The predicted molar refractivity (Wildman–Crippen MR) is 157 cm³/mol. The first-order valence-electron chi connectivity index (χ1n) is 13.4. The average Bonchev–Trinajstić information content (AvgIpc) is 3.33. The molecule has 1 aliphatic heterocycles. The zero-order valence-corrected chi connectivity index (χ0v) is 22.8. The number of aryl methyl sites for hydroxylation is 3. The van der Waals surface area contributed by atoms with Crippen LogP contribution in [0, 0.1) is 6.92 Å². The Morgan fingerprint density at radius 2 is 1.58 bits per heavy atom. The molecule has 1 N–H and O–H groups in total. The number of halogens is 1. The molecule has 0 fully saturated rings. The van der Waals surface area contributed by atoms with Crippen molar-refractivity contribution in [3.63, 3.8) is 0 Å². The molecule has 3 heterocycles. The molecule has 0 bridgehead atoms. The maximum atomic E-state index is 14.1. The van der Waals surface area contributed by atoms with Crippen molar-refractivity contribution < 1.29 is 4.79 Å². The minimum absolute atomic E-state index is 0.0987. The second-order valence-electron chi connectivity index (χ2n) is 10.6. The highest BCUT2D eigenvalue weighted by Crippen LogP contribution is 2.40. The molecule has 1 aliphatic rings. The fraction of sp³-hybridized carbons (Fsp3) is 0.242. The summed E-state index contributed by atoms with van der Waals surface area (Å²) in [4.78, 5) is 14.1. The standard InChI is InChI=1S/C33H32ClN3O/c1-21(2)23-9-11-25(12-10-23)30-28-6-4-5-19-36-29(24-13-15-26(34)16-14-24)20-37(33(28)36)31(30)32(38)35-27-17-7-22(3)8-18-27/h7-18,20-21H,4-6,19H2,1-3H3,(H,35,38). The van der Waals surface area contributed by atoms with E-state index < -0.39 is 0 Å². The minimum Gasteiger partial charge on any atom is -0.325 e. The lowest BCUT2D eigenvalue weighted by molar-refractivity contribution is 0.102. The van der Waals surface area contributed by atoms with E-state index in [0.29, 0.717) is 16.6 Å². The van der Waals surface area contributed by atoms with Crippen LogP contribution in [0.5, 0.6) is 0 Å². The van der Waals surface area contributed by atoms with Gasteiger partial charge >= 0.3 is 0 Å². The maximum Gasteiger partial charge on any atom is 0.273 e. The summed E-state index contributed by atoms with van der Waals surface area (Å²) in [5, 5.41) is 3.90. The first-order valence-corrected chi connectivity index (χ1v) is 13.8. The number of hydrogen-bond acceptors (Lipinski definition) is 1. The number of imidazole rings is 1. The number of benzene rings is 3. The lowest BCUT2D eigenvalue weighted by Gasteiger charge is -2.12. The third kappa shape index (κ3) is 4.33. The minimum atomic E-state index is -0.0987. The average molecular weight is 522 g/mol. The summed E-state index contributed by atoms with van der Waals surface area (Å²) in [6.45, 7) is 7.37. The van der Waals surface area contributed by atoms with Crippen LogP contribution < -0.4 is 5.32 Å². The zero-order chi connectivity index (χ0) is 26.4. The predicted octanol–water partition coefficient (Wildman–Crippen LogP) is 8.75. The Morgan fingerprint density at radius 3 is 2.26 bits per heavy atom. The monoisotopic (exact) mass is 521 g/mol. The Bertz CT molecular complexity index is 1620. The summed E-state index contributed by atoms with van der Waals surface area (Å²) in [5.74, 6) is 0.354. The Kier molecular flexibility index (Phi) is 6.37. The van der Waals surface area contributed by atoms with Gasteiger partial charge in [-0.1, -0.05) is 79.5 Å². The highest BCUT2D eigenvalue weighted by atomic mass is 35.5. The van der Waals surface area contributed by atoms with E-state index in [-0.39, 0.29) is 5.91 Å². The molecule has 5 aromatic rings. The first-order chi connectivity index (χ1) is 18.4. The Balaban J connectivity index is 1.58. The Labute approximate surface area is 228 Å². The molecular formula is C33H32ClN3O. The van der Waals surface area contributed by atoms with Crippen molar-refractivity contribution in [2.24, 2.45) is 0 Å². The lowest BCUT2D eigenvalue weighted by Crippen LogP contribution is -2.15. The Hall–Kier alpha value is -3.76. The summed E-state index contributed by atoms with van der Waals surface area (Å²) in [5.41, 5.74) is 10.6. The summed E-state index contributed by atoms with van der Waals surface area (Å²) < 4.78 is 4.51.